The van der Waals surface area contributed by atoms with Crippen LogP contribution >= 0.6 is 11.6 Å². The summed E-state index contributed by atoms with van der Waals surface area (Å²) in [6.07, 6.45) is 0.909. The Bertz CT molecular complexity index is 789. The van der Waals surface area contributed by atoms with Gasteiger partial charge in [0.25, 0.3) is 0 Å². The number of nitrogens with zero attached hydrogens (tertiary/aromatic N) is 2. The molecule has 0 spiro atoms. The normalized spacial score (nSPS) is 13.5. The molecule has 1 amide bonds. The lowest BCUT2D eigenvalue weighted by Gasteiger charge is -2.18. The van der Waals surface area contributed by atoms with Crippen molar-refractivity contribution in [3.8, 4) is 0 Å². The molecule has 136 valence electrons. The van der Waals surface area contributed by atoms with Gasteiger partial charge in [-0.15, -0.1) is 0 Å². The lowest BCUT2D eigenvalue weighted by molar-refractivity contribution is -0.117. The van der Waals surface area contributed by atoms with Crippen LogP contribution in [0.25, 0.3) is 0 Å². The van der Waals surface area contributed by atoms with Gasteiger partial charge in [0.05, 0.1) is 13.1 Å². The minimum absolute atomic E-state index is 0.0482. The van der Waals surface area contributed by atoms with Crippen LogP contribution < -0.4 is 15.5 Å². The van der Waals surface area contributed by atoms with E-state index in [1.807, 2.05) is 54.3 Å². The number of rotatable bonds is 5. The molecular weight excluding hydrogens is 348 g/mol. The zero-order valence-electron chi connectivity index (χ0n) is 14.8. The second kappa shape index (κ2) is 8.72. The highest BCUT2D eigenvalue weighted by Crippen LogP contribution is 2.27. The van der Waals surface area contributed by atoms with Crippen LogP contribution in [0.3, 0.4) is 0 Å². The number of para-hydroxylation sites is 1. The van der Waals surface area contributed by atoms with E-state index in [4.69, 9.17) is 11.6 Å². The van der Waals surface area contributed by atoms with E-state index in [0.29, 0.717) is 17.5 Å². The topological polar surface area (TPSA) is 56.7 Å². The predicted octanol–water partition coefficient (Wildman–Crippen LogP) is 2.98. The minimum atomic E-state index is 0.0482. The summed E-state index contributed by atoms with van der Waals surface area (Å²) in [4.78, 5) is 19.0. The van der Waals surface area contributed by atoms with Gasteiger partial charge in [-0.25, -0.2) is 4.99 Å². The van der Waals surface area contributed by atoms with Crippen LogP contribution in [0.2, 0.25) is 5.02 Å². The van der Waals surface area contributed by atoms with Gasteiger partial charge in [0.2, 0.25) is 5.91 Å². The Labute approximate surface area is 159 Å². The van der Waals surface area contributed by atoms with E-state index in [1.165, 1.54) is 5.56 Å². The fraction of sp³-hybridized carbons (Fsp3) is 0.300. The molecule has 2 aromatic carbocycles. The van der Waals surface area contributed by atoms with Crippen LogP contribution in [-0.4, -0.2) is 31.5 Å². The number of amides is 1. The number of hydrogen-bond donors (Lipinski definition) is 2. The molecule has 0 saturated carbocycles. The summed E-state index contributed by atoms with van der Waals surface area (Å²) >= 11 is 5.90. The van der Waals surface area contributed by atoms with Crippen LogP contribution in [0.4, 0.5) is 5.69 Å². The number of carbonyl (C=O) groups is 1. The maximum Gasteiger partial charge on any atom is 0.246 e. The second-order valence-corrected chi connectivity index (χ2v) is 6.54. The highest BCUT2D eigenvalue weighted by molar-refractivity contribution is 6.30. The molecule has 0 unspecified atom stereocenters. The summed E-state index contributed by atoms with van der Waals surface area (Å²) < 4.78 is 0. The maximum absolute atomic E-state index is 12.6. The number of benzene rings is 2. The summed E-state index contributed by atoms with van der Waals surface area (Å²) in [6, 6.07) is 15.6. The number of aliphatic imine (C=N–C) groups is 1. The zero-order valence-corrected chi connectivity index (χ0v) is 15.6. The van der Waals surface area contributed by atoms with Crippen LogP contribution in [0.5, 0.6) is 0 Å². The van der Waals surface area contributed by atoms with Gasteiger partial charge in [0, 0.05) is 23.8 Å². The Kier molecular flexibility index (Phi) is 6.12. The van der Waals surface area contributed by atoms with E-state index in [1.54, 1.807) is 0 Å². The molecule has 0 fully saturated rings. The number of carbonyl (C=O) groups excluding carboxylic acids is 1. The first-order chi connectivity index (χ1) is 12.7. The number of halogens is 1. The van der Waals surface area contributed by atoms with Crippen molar-refractivity contribution in [1.82, 2.24) is 10.6 Å². The molecule has 3 rings (SSSR count). The quantitative estimate of drug-likeness (QED) is 0.628. The van der Waals surface area contributed by atoms with Crippen molar-refractivity contribution in [2.24, 2.45) is 4.99 Å². The molecule has 26 heavy (non-hydrogen) atoms. The maximum atomic E-state index is 12.6. The van der Waals surface area contributed by atoms with Gasteiger partial charge in [-0.1, -0.05) is 41.9 Å². The van der Waals surface area contributed by atoms with Crippen LogP contribution in [-0.2, 0) is 17.8 Å². The van der Waals surface area contributed by atoms with Crippen molar-refractivity contribution < 1.29 is 4.79 Å². The molecular formula is C20H23ClN4O. The highest BCUT2D eigenvalue weighted by Gasteiger charge is 2.23. The van der Waals surface area contributed by atoms with Crippen molar-refractivity contribution in [1.29, 1.82) is 0 Å². The number of anilines is 1. The van der Waals surface area contributed by atoms with E-state index in [0.717, 1.165) is 30.8 Å². The van der Waals surface area contributed by atoms with E-state index in [9.17, 15) is 4.79 Å². The number of nitrogens with one attached hydrogen (secondary N) is 2. The molecule has 1 aliphatic rings. The van der Waals surface area contributed by atoms with E-state index < -0.39 is 0 Å². The molecule has 2 aromatic rings. The van der Waals surface area contributed by atoms with E-state index >= 15 is 0 Å². The van der Waals surface area contributed by atoms with Crippen LogP contribution in [0.1, 0.15) is 18.1 Å². The smallest absolute Gasteiger partial charge is 0.246 e. The highest BCUT2D eigenvalue weighted by atomic mass is 35.5. The average molecular weight is 371 g/mol. The Morgan fingerprint density at radius 1 is 1.15 bits per heavy atom. The third-order valence-corrected chi connectivity index (χ3v) is 4.52. The predicted molar refractivity (Wildman–Crippen MR) is 107 cm³/mol. The Balaban J connectivity index is 1.59. The fourth-order valence-corrected chi connectivity index (χ4v) is 3.08. The molecule has 6 heteroatoms. The van der Waals surface area contributed by atoms with Crippen LogP contribution in [0, 0.1) is 0 Å². The summed E-state index contributed by atoms with van der Waals surface area (Å²) in [6.45, 7) is 4.19. The molecule has 1 heterocycles. The fourth-order valence-electron chi connectivity index (χ4n) is 2.95. The lowest BCUT2D eigenvalue weighted by atomic mass is 10.2. The second-order valence-electron chi connectivity index (χ2n) is 6.10. The molecule has 5 nitrogen and oxygen atoms in total. The van der Waals surface area contributed by atoms with E-state index in [-0.39, 0.29) is 12.5 Å². The SMILES string of the molecule is CCNC(=NCc1ccc(Cl)cc1)NCC(=O)N1CCc2ccccc21. The van der Waals surface area contributed by atoms with Crippen molar-refractivity contribution in [2.75, 3.05) is 24.5 Å². The minimum Gasteiger partial charge on any atom is -0.357 e. The van der Waals surface area contributed by atoms with Crippen molar-refractivity contribution in [2.45, 2.75) is 19.9 Å². The van der Waals surface area contributed by atoms with Crippen LogP contribution in [0.15, 0.2) is 53.5 Å². The third kappa shape index (κ3) is 4.55. The molecule has 0 aliphatic carbocycles. The Morgan fingerprint density at radius 2 is 1.92 bits per heavy atom. The first kappa shape index (κ1) is 18.3. The standard InChI is InChI=1S/C20H23ClN4O/c1-2-22-20(23-13-15-7-9-17(21)10-8-15)24-14-19(26)25-12-11-16-5-3-4-6-18(16)25/h3-10H,2,11-14H2,1H3,(H2,22,23,24). The molecule has 1 aliphatic heterocycles. The van der Waals surface area contributed by atoms with Gasteiger partial charge in [-0.05, 0) is 42.7 Å². The number of fused-ring (bicyclic) bond motifs is 1. The van der Waals surface area contributed by atoms with Crippen molar-refractivity contribution >= 4 is 29.2 Å². The summed E-state index contributed by atoms with van der Waals surface area (Å²) in [5.74, 6) is 0.676. The van der Waals surface area contributed by atoms with Gasteiger partial charge in [-0.3, -0.25) is 4.79 Å². The lowest BCUT2D eigenvalue weighted by Crippen LogP contribution is -2.44. The Morgan fingerprint density at radius 3 is 2.69 bits per heavy atom. The Hall–Kier alpha value is -2.53. The summed E-state index contributed by atoms with van der Waals surface area (Å²) in [5, 5.41) is 7.01. The van der Waals surface area contributed by atoms with Gasteiger partial charge in [-0.2, -0.15) is 0 Å². The molecule has 0 bridgehead atoms. The molecule has 0 atom stereocenters. The van der Waals surface area contributed by atoms with Gasteiger partial charge < -0.3 is 15.5 Å². The zero-order chi connectivity index (χ0) is 18.4. The van der Waals surface area contributed by atoms with Crippen molar-refractivity contribution in [3.63, 3.8) is 0 Å². The van der Waals surface area contributed by atoms with Gasteiger partial charge >= 0.3 is 0 Å². The summed E-state index contributed by atoms with van der Waals surface area (Å²) in [5.41, 5.74) is 3.30. The van der Waals surface area contributed by atoms with Crippen molar-refractivity contribution in [3.05, 3.63) is 64.7 Å². The monoisotopic (exact) mass is 370 g/mol. The first-order valence-corrected chi connectivity index (χ1v) is 9.20. The number of hydrogen-bond acceptors (Lipinski definition) is 2. The molecule has 2 N–H and O–H groups in total. The average Bonchev–Trinajstić information content (AvgIpc) is 3.09. The number of guanidine groups is 1. The van der Waals surface area contributed by atoms with E-state index in [2.05, 4.69) is 21.7 Å². The molecule has 0 saturated heterocycles. The van der Waals surface area contributed by atoms with Gasteiger partial charge in [0.1, 0.15) is 0 Å². The largest absolute Gasteiger partial charge is 0.357 e. The third-order valence-electron chi connectivity index (χ3n) is 4.27. The summed E-state index contributed by atoms with van der Waals surface area (Å²) in [7, 11) is 0. The molecule has 0 aromatic heterocycles. The molecule has 0 radical (unpaired) electrons. The van der Waals surface area contributed by atoms with Gasteiger partial charge in [0.15, 0.2) is 5.96 Å². The first-order valence-electron chi connectivity index (χ1n) is 8.82.